The van der Waals surface area contributed by atoms with E-state index in [4.69, 9.17) is 0 Å². The molecule has 0 heterocycles. The van der Waals surface area contributed by atoms with Gasteiger partial charge in [0.25, 0.3) is 0 Å². The highest BCUT2D eigenvalue weighted by molar-refractivity contribution is 5.86. The molecule has 1 fully saturated rings. The molecule has 1 nitrogen and oxygen atoms in total. The highest BCUT2D eigenvalue weighted by Crippen LogP contribution is 2.40. The summed E-state index contributed by atoms with van der Waals surface area (Å²) in [7, 11) is 0. The summed E-state index contributed by atoms with van der Waals surface area (Å²) in [6.07, 6.45) is 12.5. The van der Waals surface area contributed by atoms with Gasteiger partial charge in [0.05, 0.1) is 0 Å². The fraction of sp³-hybridized carbons (Fsp3) is 0.520. The molecule has 2 aromatic rings. The van der Waals surface area contributed by atoms with Crippen molar-refractivity contribution in [3.8, 4) is 5.75 Å². The number of allylic oxidation sites excluding steroid dienone is 2. The molecule has 1 aliphatic carbocycles. The van der Waals surface area contributed by atoms with Gasteiger partial charge in [0.2, 0.25) is 0 Å². The molecular weight excluding hydrogens is 373 g/mol. The van der Waals surface area contributed by atoms with Crippen LogP contribution in [-0.2, 0) is 6.42 Å². The normalized spacial score (nSPS) is 20.1. The number of rotatable bonds is 8. The van der Waals surface area contributed by atoms with E-state index in [1.807, 2.05) is 25.1 Å². The third-order valence-corrected chi connectivity index (χ3v) is 6.17. The summed E-state index contributed by atoms with van der Waals surface area (Å²) in [5, 5.41) is 1.13. The largest absolute Gasteiger partial charge is 0.434 e. The first-order valence-electron chi connectivity index (χ1n) is 10.8. The Morgan fingerprint density at radius 1 is 1.14 bits per heavy atom. The summed E-state index contributed by atoms with van der Waals surface area (Å²) in [5.41, 5.74) is 1.42. The molecule has 158 valence electrons. The highest BCUT2D eigenvalue weighted by Gasteiger charge is 2.23. The van der Waals surface area contributed by atoms with E-state index in [0.29, 0.717) is 29.5 Å². The minimum atomic E-state index is -2.96. The zero-order chi connectivity index (χ0) is 20.8. The van der Waals surface area contributed by atoms with Crippen LogP contribution >= 0.6 is 0 Å². The Hall–Kier alpha value is -1.97. The molecular formula is C25H31F3O. The second-order valence-corrected chi connectivity index (χ2v) is 8.14. The zero-order valence-electron chi connectivity index (χ0n) is 17.4. The minimum Gasteiger partial charge on any atom is -0.434 e. The van der Waals surface area contributed by atoms with Gasteiger partial charge in [-0.2, -0.15) is 8.78 Å². The van der Waals surface area contributed by atoms with Crippen molar-refractivity contribution in [2.24, 2.45) is 5.92 Å². The van der Waals surface area contributed by atoms with E-state index in [1.165, 1.54) is 24.8 Å². The summed E-state index contributed by atoms with van der Waals surface area (Å²) in [6.45, 7) is 0.999. The fourth-order valence-corrected chi connectivity index (χ4v) is 4.62. The second-order valence-electron chi connectivity index (χ2n) is 8.14. The van der Waals surface area contributed by atoms with Crippen LogP contribution < -0.4 is 4.74 Å². The van der Waals surface area contributed by atoms with Crippen LogP contribution in [0.1, 0.15) is 75.8 Å². The van der Waals surface area contributed by atoms with E-state index in [-0.39, 0.29) is 11.3 Å². The van der Waals surface area contributed by atoms with Crippen LogP contribution in [0, 0.1) is 11.7 Å². The van der Waals surface area contributed by atoms with E-state index < -0.39 is 12.4 Å². The van der Waals surface area contributed by atoms with Gasteiger partial charge < -0.3 is 4.74 Å². The van der Waals surface area contributed by atoms with Gasteiger partial charge in [-0.05, 0) is 80.7 Å². The van der Waals surface area contributed by atoms with E-state index in [9.17, 15) is 8.78 Å². The third kappa shape index (κ3) is 5.34. The van der Waals surface area contributed by atoms with Crippen molar-refractivity contribution in [1.29, 1.82) is 0 Å². The Balaban J connectivity index is 1.81. The molecule has 1 saturated carbocycles. The predicted molar refractivity (Wildman–Crippen MR) is 113 cm³/mol. The molecule has 3 rings (SSSR count). The van der Waals surface area contributed by atoms with Crippen molar-refractivity contribution in [2.45, 2.75) is 77.7 Å². The number of halogens is 3. The molecule has 2 aromatic carbocycles. The molecule has 0 radical (unpaired) electrons. The van der Waals surface area contributed by atoms with Gasteiger partial charge in [-0.3, -0.25) is 0 Å². The molecule has 29 heavy (non-hydrogen) atoms. The molecule has 0 aromatic heterocycles. The van der Waals surface area contributed by atoms with E-state index in [1.54, 1.807) is 6.07 Å². The van der Waals surface area contributed by atoms with Gasteiger partial charge in [-0.25, -0.2) is 4.39 Å². The first kappa shape index (κ1) is 21.7. The summed E-state index contributed by atoms with van der Waals surface area (Å²) in [4.78, 5) is 0. The van der Waals surface area contributed by atoms with E-state index in [0.717, 1.165) is 25.2 Å². The first-order valence-corrected chi connectivity index (χ1v) is 10.8. The van der Waals surface area contributed by atoms with Gasteiger partial charge in [0, 0.05) is 10.9 Å². The summed E-state index contributed by atoms with van der Waals surface area (Å²) in [5.74, 6) is 0.772. The minimum absolute atomic E-state index is 0.0308. The van der Waals surface area contributed by atoms with Crippen LogP contribution in [-0.4, -0.2) is 6.61 Å². The van der Waals surface area contributed by atoms with Gasteiger partial charge >= 0.3 is 6.61 Å². The van der Waals surface area contributed by atoms with Crippen molar-refractivity contribution in [1.82, 2.24) is 0 Å². The van der Waals surface area contributed by atoms with E-state index in [2.05, 4.69) is 23.8 Å². The zero-order valence-corrected chi connectivity index (χ0v) is 17.4. The summed E-state index contributed by atoms with van der Waals surface area (Å²) < 4.78 is 45.3. The standard InChI is InChI=1S/C25H31F3O/c1-3-5-6-8-17-9-11-18(12-10-17)19-13-14-21-20(15-19)16-23(29-25(27)28)22(7-4-2)24(21)26/h3,5,13-18,25H,4,6-12H2,1-2H3/b5-3+. The van der Waals surface area contributed by atoms with E-state index >= 15 is 4.39 Å². The predicted octanol–water partition coefficient (Wildman–Crippen LogP) is 8.16. The van der Waals surface area contributed by atoms with Crippen LogP contribution in [0.4, 0.5) is 13.2 Å². The lowest BCUT2D eigenvalue weighted by Crippen LogP contribution is -2.13. The molecule has 0 saturated heterocycles. The first-order chi connectivity index (χ1) is 14.0. The Morgan fingerprint density at radius 3 is 2.55 bits per heavy atom. The van der Waals surface area contributed by atoms with Crippen molar-refractivity contribution >= 4 is 10.8 Å². The molecule has 0 spiro atoms. The number of benzene rings is 2. The molecule has 0 unspecified atom stereocenters. The third-order valence-electron chi connectivity index (χ3n) is 6.17. The van der Waals surface area contributed by atoms with Crippen molar-refractivity contribution in [3.05, 3.63) is 53.4 Å². The molecule has 4 heteroatoms. The molecule has 0 bridgehead atoms. The Morgan fingerprint density at radius 2 is 1.90 bits per heavy atom. The molecule has 0 amide bonds. The number of ether oxygens (including phenoxy) is 1. The number of hydrogen-bond acceptors (Lipinski definition) is 1. The van der Waals surface area contributed by atoms with Crippen LogP contribution in [0.5, 0.6) is 5.75 Å². The summed E-state index contributed by atoms with van der Waals surface area (Å²) in [6, 6.07) is 7.38. The average Bonchev–Trinajstić information content (AvgIpc) is 2.71. The Kier molecular flexibility index (Phi) is 7.63. The second kappa shape index (κ2) is 10.2. The van der Waals surface area contributed by atoms with Crippen LogP contribution in [0.25, 0.3) is 10.8 Å². The van der Waals surface area contributed by atoms with Crippen molar-refractivity contribution in [2.75, 3.05) is 0 Å². The fourth-order valence-electron chi connectivity index (χ4n) is 4.62. The Bertz CT molecular complexity index is 836. The maximum Gasteiger partial charge on any atom is 0.387 e. The number of hydrogen-bond donors (Lipinski definition) is 0. The average molecular weight is 405 g/mol. The van der Waals surface area contributed by atoms with Gasteiger partial charge in [0.1, 0.15) is 11.6 Å². The maximum atomic E-state index is 15.0. The maximum absolute atomic E-state index is 15.0. The lowest BCUT2D eigenvalue weighted by molar-refractivity contribution is -0.0505. The lowest BCUT2D eigenvalue weighted by Gasteiger charge is -2.29. The van der Waals surface area contributed by atoms with Crippen LogP contribution in [0.2, 0.25) is 0 Å². The highest BCUT2D eigenvalue weighted by atomic mass is 19.3. The van der Waals surface area contributed by atoms with Gasteiger partial charge in [-0.15, -0.1) is 0 Å². The Labute approximate surface area is 172 Å². The van der Waals surface area contributed by atoms with Crippen molar-refractivity contribution < 1.29 is 17.9 Å². The SMILES string of the molecule is C/C=C/CCC1CCC(c2ccc3c(F)c(CCC)c(OC(F)F)cc3c2)CC1. The molecule has 0 aliphatic heterocycles. The van der Waals surface area contributed by atoms with Gasteiger partial charge in [0.15, 0.2) is 0 Å². The number of alkyl halides is 2. The lowest BCUT2D eigenvalue weighted by atomic mass is 9.77. The molecule has 0 N–H and O–H groups in total. The number of fused-ring (bicyclic) bond motifs is 1. The van der Waals surface area contributed by atoms with Crippen molar-refractivity contribution in [3.63, 3.8) is 0 Å². The topological polar surface area (TPSA) is 9.23 Å². The van der Waals surface area contributed by atoms with Gasteiger partial charge in [-0.1, -0.05) is 43.7 Å². The smallest absolute Gasteiger partial charge is 0.387 e. The summed E-state index contributed by atoms with van der Waals surface area (Å²) >= 11 is 0. The molecule has 1 aliphatic rings. The monoisotopic (exact) mass is 404 g/mol. The van der Waals surface area contributed by atoms with Crippen LogP contribution in [0.3, 0.4) is 0 Å². The quantitative estimate of drug-likeness (QED) is 0.403. The molecule has 0 atom stereocenters. The van der Waals surface area contributed by atoms with Crippen LogP contribution in [0.15, 0.2) is 36.4 Å².